The molecule has 1 aromatic carbocycles. The van der Waals surface area contributed by atoms with Gasteiger partial charge in [-0.3, -0.25) is 4.79 Å². The summed E-state index contributed by atoms with van der Waals surface area (Å²) >= 11 is 0. The third kappa shape index (κ3) is 3.43. The number of nitrogens with zero attached hydrogens (tertiary/aromatic N) is 1. The van der Waals surface area contributed by atoms with Gasteiger partial charge in [-0.05, 0) is 50.3 Å². The molecule has 3 nitrogen and oxygen atoms in total. The Kier molecular flexibility index (Phi) is 4.52. The Morgan fingerprint density at radius 1 is 1.27 bits per heavy atom. The van der Waals surface area contributed by atoms with Crippen LogP contribution in [0.2, 0.25) is 0 Å². The molecule has 122 valence electrons. The van der Waals surface area contributed by atoms with E-state index in [2.05, 4.69) is 0 Å². The van der Waals surface area contributed by atoms with Gasteiger partial charge in [-0.15, -0.1) is 0 Å². The van der Waals surface area contributed by atoms with E-state index in [0.29, 0.717) is 31.5 Å². The zero-order chi connectivity index (χ0) is 16.5. The lowest BCUT2D eigenvalue weighted by Gasteiger charge is -2.27. The van der Waals surface area contributed by atoms with E-state index in [-0.39, 0.29) is 11.5 Å². The number of halogens is 3. The minimum atomic E-state index is -4.76. The van der Waals surface area contributed by atoms with Crippen LogP contribution in [0, 0.1) is 5.92 Å². The highest BCUT2D eigenvalue weighted by Gasteiger charge is 2.51. The van der Waals surface area contributed by atoms with Crippen molar-refractivity contribution in [3.8, 4) is 0 Å². The van der Waals surface area contributed by atoms with Gasteiger partial charge in [-0.1, -0.05) is 12.1 Å². The van der Waals surface area contributed by atoms with Gasteiger partial charge in [0.05, 0.1) is 0 Å². The summed E-state index contributed by atoms with van der Waals surface area (Å²) in [7, 11) is 0. The van der Waals surface area contributed by atoms with Crippen molar-refractivity contribution in [2.45, 2.75) is 38.5 Å². The van der Waals surface area contributed by atoms with Gasteiger partial charge < -0.3 is 10.0 Å². The Hall–Kier alpha value is -1.56. The van der Waals surface area contributed by atoms with Crippen LogP contribution in [-0.4, -0.2) is 35.2 Å². The monoisotopic (exact) mass is 315 g/mol. The van der Waals surface area contributed by atoms with E-state index in [1.807, 2.05) is 6.92 Å². The zero-order valence-corrected chi connectivity index (χ0v) is 12.7. The molecule has 0 aliphatic heterocycles. The molecule has 1 aliphatic rings. The van der Waals surface area contributed by atoms with E-state index >= 15 is 0 Å². The molecule has 0 saturated heterocycles. The SMILES string of the molecule is CCN(CC1CC1)C(=O)c1ccc(C(C)(O)C(F)(F)F)cc1. The summed E-state index contributed by atoms with van der Waals surface area (Å²) in [4.78, 5) is 14.0. The van der Waals surface area contributed by atoms with Crippen molar-refractivity contribution in [3.63, 3.8) is 0 Å². The Balaban J connectivity index is 2.15. The molecule has 1 atom stereocenters. The van der Waals surface area contributed by atoms with Gasteiger partial charge in [-0.25, -0.2) is 0 Å². The molecule has 1 unspecified atom stereocenters. The Morgan fingerprint density at radius 3 is 2.23 bits per heavy atom. The predicted molar refractivity (Wildman–Crippen MR) is 76.4 cm³/mol. The van der Waals surface area contributed by atoms with E-state index < -0.39 is 11.8 Å². The summed E-state index contributed by atoms with van der Waals surface area (Å²) in [5, 5.41) is 9.61. The van der Waals surface area contributed by atoms with Crippen LogP contribution in [0.25, 0.3) is 0 Å². The molecule has 0 spiro atoms. The molecule has 22 heavy (non-hydrogen) atoms. The van der Waals surface area contributed by atoms with Crippen molar-refractivity contribution in [1.82, 2.24) is 4.90 Å². The van der Waals surface area contributed by atoms with Gasteiger partial charge in [-0.2, -0.15) is 13.2 Å². The Bertz CT molecular complexity index is 533. The fourth-order valence-corrected chi connectivity index (χ4v) is 2.25. The molecule has 1 N–H and O–H groups in total. The topological polar surface area (TPSA) is 40.5 Å². The maximum absolute atomic E-state index is 12.8. The van der Waals surface area contributed by atoms with Gasteiger partial charge in [0.25, 0.3) is 5.91 Å². The van der Waals surface area contributed by atoms with Crippen molar-refractivity contribution in [2.24, 2.45) is 5.92 Å². The first-order valence-corrected chi connectivity index (χ1v) is 7.35. The van der Waals surface area contributed by atoms with Crippen LogP contribution in [0.4, 0.5) is 13.2 Å². The van der Waals surface area contributed by atoms with Crippen LogP contribution in [0.5, 0.6) is 0 Å². The number of rotatable bonds is 5. The third-order valence-electron chi connectivity index (χ3n) is 4.09. The molecule has 1 amide bonds. The Labute approximate surface area is 127 Å². The quantitative estimate of drug-likeness (QED) is 0.905. The first-order chi connectivity index (χ1) is 10.2. The number of aliphatic hydroxyl groups is 1. The van der Waals surface area contributed by atoms with E-state index in [4.69, 9.17) is 0 Å². The molecule has 1 aliphatic carbocycles. The van der Waals surface area contributed by atoms with Crippen molar-refractivity contribution >= 4 is 5.91 Å². The third-order valence-corrected chi connectivity index (χ3v) is 4.09. The highest BCUT2D eigenvalue weighted by Crippen LogP contribution is 2.38. The number of carbonyl (C=O) groups is 1. The fraction of sp³-hybridized carbons (Fsp3) is 0.562. The first kappa shape index (κ1) is 16.8. The minimum absolute atomic E-state index is 0.187. The molecule has 1 aromatic rings. The second kappa shape index (κ2) is 5.91. The molecule has 6 heteroatoms. The molecular weight excluding hydrogens is 295 g/mol. The molecule has 0 bridgehead atoms. The van der Waals surface area contributed by atoms with Crippen LogP contribution in [-0.2, 0) is 5.60 Å². The van der Waals surface area contributed by atoms with E-state index in [1.165, 1.54) is 12.1 Å². The van der Waals surface area contributed by atoms with Crippen LogP contribution < -0.4 is 0 Å². The van der Waals surface area contributed by atoms with Gasteiger partial charge in [0.2, 0.25) is 0 Å². The lowest BCUT2D eigenvalue weighted by atomic mass is 9.94. The normalized spacial score (nSPS) is 17.9. The average Bonchev–Trinajstić information content (AvgIpc) is 3.27. The number of amides is 1. The van der Waals surface area contributed by atoms with Crippen LogP contribution in [0.1, 0.15) is 42.6 Å². The number of hydrogen-bond donors (Lipinski definition) is 1. The number of alkyl halides is 3. The summed E-state index contributed by atoms with van der Waals surface area (Å²) in [6, 6.07) is 5.00. The number of hydrogen-bond acceptors (Lipinski definition) is 2. The van der Waals surface area contributed by atoms with Gasteiger partial charge in [0.15, 0.2) is 5.60 Å². The molecule has 0 aromatic heterocycles. The van der Waals surface area contributed by atoms with Gasteiger partial charge in [0.1, 0.15) is 0 Å². The molecule has 2 rings (SSSR count). The van der Waals surface area contributed by atoms with Crippen LogP contribution >= 0.6 is 0 Å². The highest BCUT2D eigenvalue weighted by molar-refractivity contribution is 5.94. The minimum Gasteiger partial charge on any atom is -0.376 e. The number of benzene rings is 1. The van der Waals surface area contributed by atoms with Crippen LogP contribution in [0.15, 0.2) is 24.3 Å². The maximum atomic E-state index is 12.8. The van der Waals surface area contributed by atoms with E-state index in [0.717, 1.165) is 25.0 Å². The summed E-state index contributed by atoms with van der Waals surface area (Å²) < 4.78 is 38.4. The molecule has 0 radical (unpaired) electrons. The second-order valence-electron chi connectivity index (χ2n) is 5.93. The van der Waals surface area contributed by atoms with E-state index in [9.17, 15) is 23.1 Å². The number of carbonyl (C=O) groups excluding carboxylic acids is 1. The van der Waals surface area contributed by atoms with Crippen molar-refractivity contribution in [2.75, 3.05) is 13.1 Å². The van der Waals surface area contributed by atoms with Gasteiger partial charge in [0, 0.05) is 18.7 Å². The van der Waals surface area contributed by atoms with E-state index in [1.54, 1.807) is 4.90 Å². The molecule has 0 heterocycles. The predicted octanol–water partition coefficient (Wildman–Crippen LogP) is 3.33. The van der Waals surface area contributed by atoms with Crippen molar-refractivity contribution < 1.29 is 23.1 Å². The summed E-state index contributed by atoms with van der Waals surface area (Å²) in [6.07, 6.45) is -2.52. The molecule has 1 fully saturated rings. The summed E-state index contributed by atoms with van der Waals surface area (Å²) in [6.45, 7) is 3.84. The summed E-state index contributed by atoms with van der Waals surface area (Å²) in [5.41, 5.74) is -2.86. The standard InChI is InChI=1S/C16H20F3NO2/c1-3-20(10-11-4-5-11)14(21)12-6-8-13(9-7-12)15(2,22)16(17,18)19/h6-9,11,22H,3-5,10H2,1-2H3. The average molecular weight is 315 g/mol. The second-order valence-corrected chi connectivity index (χ2v) is 5.93. The zero-order valence-electron chi connectivity index (χ0n) is 12.7. The molecular formula is C16H20F3NO2. The lowest BCUT2D eigenvalue weighted by Crippen LogP contribution is -2.39. The highest BCUT2D eigenvalue weighted by atomic mass is 19.4. The largest absolute Gasteiger partial charge is 0.421 e. The first-order valence-electron chi connectivity index (χ1n) is 7.35. The lowest BCUT2D eigenvalue weighted by molar-refractivity contribution is -0.258. The fourth-order valence-electron chi connectivity index (χ4n) is 2.25. The maximum Gasteiger partial charge on any atom is 0.421 e. The van der Waals surface area contributed by atoms with Crippen molar-refractivity contribution in [1.29, 1.82) is 0 Å². The van der Waals surface area contributed by atoms with Crippen LogP contribution in [0.3, 0.4) is 0 Å². The summed E-state index contributed by atoms with van der Waals surface area (Å²) in [5.74, 6) is 0.363. The van der Waals surface area contributed by atoms with Gasteiger partial charge >= 0.3 is 6.18 Å². The molecule has 1 saturated carbocycles. The van der Waals surface area contributed by atoms with Crippen molar-refractivity contribution in [3.05, 3.63) is 35.4 Å². The Morgan fingerprint density at radius 2 is 1.82 bits per heavy atom. The smallest absolute Gasteiger partial charge is 0.376 e.